The lowest BCUT2D eigenvalue weighted by molar-refractivity contribution is 0.219. The van der Waals surface area contributed by atoms with Crippen molar-refractivity contribution in [3.63, 3.8) is 0 Å². The first-order valence-electron chi connectivity index (χ1n) is 7.99. The van der Waals surface area contributed by atoms with E-state index in [9.17, 15) is 0 Å². The molecule has 0 atom stereocenters. The molecule has 0 aromatic heterocycles. The Balaban J connectivity index is 3.67. The Hall–Kier alpha value is -0.120. The minimum absolute atomic E-state index is 0.753. The molecule has 0 spiro atoms. The third kappa shape index (κ3) is 14.1. The highest BCUT2D eigenvalue weighted by molar-refractivity contribution is 4.64. The summed E-state index contributed by atoms with van der Waals surface area (Å²) in [6.45, 7) is 16.2. The average molecular weight is 271 g/mol. The Bertz CT molecular complexity index is 190. The van der Waals surface area contributed by atoms with Crippen LogP contribution >= 0.6 is 0 Å². The van der Waals surface area contributed by atoms with E-state index >= 15 is 0 Å². The monoisotopic (exact) mass is 271 g/mol. The summed E-state index contributed by atoms with van der Waals surface area (Å²) in [6, 6.07) is 0. The van der Waals surface area contributed by atoms with Gasteiger partial charge in [-0.1, -0.05) is 27.7 Å². The van der Waals surface area contributed by atoms with Crippen LogP contribution in [0.2, 0.25) is 0 Å². The van der Waals surface area contributed by atoms with Crippen molar-refractivity contribution < 1.29 is 0 Å². The van der Waals surface area contributed by atoms with Gasteiger partial charge in [-0.3, -0.25) is 0 Å². The van der Waals surface area contributed by atoms with Gasteiger partial charge in [-0.15, -0.1) is 0 Å². The highest BCUT2D eigenvalue weighted by Gasteiger charge is 2.07. The second-order valence-electron chi connectivity index (χ2n) is 6.78. The molecule has 0 aliphatic heterocycles. The molecule has 0 amide bonds. The van der Waals surface area contributed by atoms with E-state index in [0.717, 1.165) is 24.9 Å². The maximum Gasteiger partial charge on any atom is 0.0110 e. The van der Waals surface area contributed by atoms with Gasteiger partial charge in [-0.25, -0.2) is 0 Å². The average Bonchev–Trinajstić information content (AvgIpc) is 2.29. The molecule has 0 saturated carbocycles. The van der Waals surface area contributed by atoms with Gasteiger partial charge in [0.05, 0.1) is 0 Å². The quantitative estimate of drug-likeness (QED) is 0.550. The van der Waals surface area contributed by atoms with E-state index in [2.05, 4.69) is 56.9 Å². The van der Waals surface area contributed by atoms with Crippen molar-refractivity contribution in [3.05, 3.63) is 0 Å². The van der Waals surface area contributed by atoms with Crippen LogP contribution in [0.3, 0.4) is 0 Å². The van der Waals surface area contributed by atoms with Crippen LogP contribution in [0.1, 0.15) is 40.5 Å². The van der Waals surface area contributed by atoms with Gasteiger partial charge in [0.25, 0.3) is 0 Å². The molecule has 0 heterocycles. The Morgan fingerprint density at radius 1 is 0.842 bits per heavy atom. The van der Waals surface area contributed by atoms with E-state index in [1.165, 1.54) is 39.0 Å². The standard InChI is InChI=1S/C16H37N3/c1-15(2)8-7-9-17-10-11-19(14-16(3)4)13-12-18(5)6/h15-17H,7-14H2,1-6H3. The summed E-state index contributed by atoms with van der Waals surface area (Å²) >= 11 is 0. The molecule has 0 radical (unpaired) electrons. The number of nitrogens with zero attached hydrogens (tertiary/aromatic N) is 2. The lowest BCUT2D eigenvalue weighted by Crippen LogP contribution is -2.38. The molecule has 0 fully saturated rings. The zero-order valence-corrected chi connectivity index (χ0v) is 14.2. The molecule has 0 rings (SSSR count). The van der Waals surface area contributed by atoms with Gasteiger partial charge in [-0.2, -0.15) is 0 Å². The molecule has 0 aliphatic rings. The number of hydrogen-bond donors (Lipinski definition) is 1. The summed E-state index contributed by atoms with van der Waals surface area (Å²) < 4.78 is 0. The molecule has 3 nitrogen and oxygen atoms in total. The number of nitrogens with one attached hydrogen (secondary N) is 1. The van der Waals surface area contributed by atoms with Crippen LogP contribution in [0.15, 0.2) is 0 Å². The fraction of sp³-hybridized carbons (Fsp3) is 1.00. The molecule has 0 unspecified atom stereocenters. The summed E-state index contributed by atoms with van der Waals surface area (Å²) in [5.41, 5.74) is 0. The van der Waals surface area contributed by atoms with Gasteiger partial charge in [0.15, 0.2) is 0 Å². The van der Waals surface area contributed by atoms with E-state index in [4.69, 9.17) is 0 Å². The van der Waals surface area contributed by atoms with Gasteiger partial charge in [-0.05, 0) is 45.3 Å². The van der Waals surface area contributed by atoms with Gasteiger partial charge in [0.1, 0.15) is 0 Å². The highest BCUT2D eigenvalue weighted by atomic mass is 15.2. The molecule has 116 valence electrons. The van der Waals surface area contributed by atoms with Crippen LogP contribution in [-0.2, 0) is 0 Å². The zero-order chi connectivity index (χ0) is 14.7. The summed E-state index contributed by atoms with van der Waals surface area (Å²) in [6.07, 6.45) is 2.64. The van der Waals surface area contributed by atoms with Crippen molar-refractivity contribution in [1.29, 1.82) is 0 Å². The van der Waals surface area contributed by atoms with E-state index in [0.29, 0.717) is 0 Å². The first-order valence-corrected chi connectivity index (χ1v) is 7.99. The molecule has 0 saturated heterocycles. The van der Waals surface area contributed by atoms with Crippen LogP contribution in [0, 0.1) is 11.8 Å². The molecule has 3 heteroatoms. The fourth-order valence-electron chi connectivity index (χ4n) is 2.15. The van der Waals surface area contributed by atoms with Crippen molar-refractivity contribution in [2.45, 2.75) is 40.5 Å². The predicted octanol–water partition coefficient (Wildman–Crippen LogP) is 2.53. The maximum atomic E-state index is 3.58. The summed E-state index contributed by atoms with van der Waals surface area (Å²) in [7, 11) is 4.30. The SMILES string of the molecule is CC(C)CCCNCCN(CCN(C)C)CC(C)C. The zero-order valence-electron chi connectivity index (χ0n) is 14.2. The number of rotatable bonds is 12. The molecule has 0 aromatic carbocycles. The topological polar surface area (TPSA) is 18.5 Å². The third-order valence-electron chi connectivity index (χ3n) is 3.23. The number of hydrogen-bond acceptors (Lipinski definition) is 3. The van der Waals surface area contributed by atoms with Gasteiger partial charge < -0.3 is 15.1 Å². The Morgan fingerprint density at radius 2 is 1.53 bits per heavy atom. The van der Waals surface area contributed by atoms with Gasteiger partial charge in [0.2, 0.25) is 0 Å². The Labute approximate surface area is 121 Å². The molecular formula is C16H37N3. The highest BCUT2D eigenvalue weighted by Crippen LogP contribution is 2.02. The van der Waals surface area contributed by atoms with E-state index in [1.54, 1.807) is 0 Å². The fourth-order valence-corrected chi connectivity index (χ4v) is 2.15. The van der Waals surface area contributed by atoms with Crippen LogP contribution in [0.25, 0.3) is 0 Å². The minimum atomic E-state index is 0.753. The van der Waals surface area contributed by atoms with E-state index in [-0.39, 0.29) is 0 Å². The Kier molecular flexibility index (Phi) is 11.6. The molecule has 1 N–H and O–H groups in total. The van der Waals surface area contributed by atoms with Crippen LogP contribution in [0.5, 0.6) is 0 Å². The molecule has 0 aliphatic carbocycles. The van der Waals surface area contributed by atoms with Crippen molar-refractivity contribution >= 4 is 0 Å². The van der Waals surface area contributed by atoms with Crippen molar-refractivity contribution in [2.24, 2.45) is 11.8 Å². The maximum absolute atomic E-state index is 3.58. The van der Waals surface area contributed by atoms with Gasteiger partial charge >= 0.3 is 0 Å². The van der Waals surface area contributed by atoms with Crippen LogP contribution < -0.4 is 5.32 Å². The van der Waals surface area contributed by atoms with Crippen LogP contribution in [0.4, 0.5) is 0 Å². The van der Waals surface area contributed by atoms with E-state index in [1.807, 2.05) is 0 Å². The molecule has 0 aromatic rings. The van der Waals surface area contributed by atoms with Crippen LogP contribution in [-0.4, -0.2) is 63.2 Å². The predicted molar refractivity (Wildman–Crippen MR) is 86.8 cm³/mol. The Morgan fingerprint density at radius 3 is 2.05 bits per heavy atom. The second kappa shape index (κ2) is 11.7. The second-order valence-corrected chi connectivity index (χ2v) is 6.78. The summed E-state index contributed by atoms with van der Waals surface area (Å²) in [5, 5.41) is 3.58. The third-order valence-corrected chi connectivity index (χ3v) is 3.23. The smallest absolute Gasteiger partial charge is 0.0110 e. The number of likely N-dealkylation sites (N-methyl/N-ethyl adjacent to an activating group) is 1. The summed E-state index contributed by atoms with van der Waals surface area (Å²) in [5.74, 6) is 1.59. The first-order chi connectivity index (χ1) is 8.91. The van der Waals surface area contributed by atoms with Gasteiger partial charge in [0, 0.05) is 32.7 Å². The largest absolute Gasteiger partial charge is 0.315 e. The first kappa shape index (κ1) is 18.9. The van der Waals surface area contributed by atoms with Crippen molar-refractivity contribution in [2.75, 3.05) is 53.4 Å². The van der Waals surface area contributed by atoms with Crippen molar-refractivity contribution in [3.8, 4) is 0 Å². The lowest BCUT2D eigenvalue weighted by atomic mass is 10.1. The molecule has 0 bridgehead atoms. The molecule has 19 heavy (non-hydrogen) atoms. The minimum Gasteiger partial charge on any atom is -0.315 e. The molecular weight excluding hydrogens is 234 g/mol. The lowest BCUT2D eigenvalue weighted by Gasteiger charge is -2.26. The summed E-state index contributed by atoms with van der Waals surface area (Å²) in [4.78, 5) is 4.85. The van der Waals surface area contributed by atoms with Crippen molar-refractivity contribution in [1.82, 2.24) is 15.1 Å². The normalized spacial score (nSPS) is 12.3. The van der Waals surface area contributed by atoms with E-state index < -0.39 is 0 Å².